The van der Waals surface area contributed by atoms with Gasteiger partial charge in [0.1, 0.15) is 6.54 Å². The highest BCUT2D eigenvalue weighted by Gasteiger charge is 2.20. The van der Waals surface area contributed by atoms with Crippen LogP contribution < -0.4 is 9.62 Å². The molecule has 7 heteroatoms. The number of nitrogens with one attached hydrogen (secondary N) is 1. The minimum absolute atomic E-state index is 0.310. The number of carbonyl (C=O) groups is 1. The first-order valence-corrected chi connectivity index (χ1v) is 8.67. The van der Waals surface area contributed by atoms with E-state index < -0.39 is 15.9 Å². The molecule has 5 nitrogen and oxygen atoms in total. The summed E-state index contributed by atoms with van der Waals surface area (Å²) in [5.74, 6) is -0.448. The van der Waals surface area contributed by atoms with E-state index in [1.807, 2.05) is 0 Å². The zero-order valence-electron chi connectivity index (χ0n) is 11.9. The van der Waals surface area contributed by atoms with Crippen molar-refractivity contribution in [3.8, 4) is 0 Å². The summed E-state index contributed by atoms with van der Waals surface area (Å²) in [7, 11) is -3.57. The van der Waals surface area contributed by atoms with Crippen LogP contribution in [0.1, 0.15) is 0 Å². The largest absolute Gasteiger partial charge is 0.324 e. The lowest BCUT2D eigenvalue weighted by Gasteiger charge is -2.21. The number of rotatable bonds is 5. The Bertz CT molecular complexity index is 763. The van der Waals surface area contributed by atoms with E-state index in [1.165, 1.54) is 0 Å². The fraction of sp³-hybridized carbons (Fsp3) is 0.133. The molecule has 0 aliphatic rings. The first-order valence-electron chi connectivity index (χ1n) is 6.44. The second-order valence-electron chi connectivity index (χ2n) is 4.66. The molecule has 0 aromatic heterocycles. The zero-order valence-corrected chi connectivity index (χ0v) is 13.4. The molecule has 0 bridgehead atoms. The van der Waals surface area contributed by atoms with Crippen molar-refractivity contribution in [3.05, 3.63) is 59.6 Å². The van der Waals surface area contributed by atoms with E-state index in [2.05, 4.69) is 5.32 Å². The van der Waals surface area contributed by atoms with E-state index in [9.17, 15) is 13.2 Å². The molecular weight excluding hydrogens is 324 g/mol. The number of anilines is 2. The van der Waals surface area contributed by atoms with Crippen LogP contribution in [0.2, 0.25) is 5.02 Å². The smallest absolute Gasteiger partial charge is 0.245 e. The second-order valence-corrected chi connectivity index (χ2v) is 7.01. The average Bonchev–Trinajstić information content (AvgIpc) is 2.44. The Hall–Kier alpha value is -2.05. The number of benzene rings is 2. The van der Waals surface area contributed by atoms with Gasteiger partial charge in [0, 0.05) is 10.7 Å². The molecule has 1 amide bonds. The third-order valence-electron chi connectivity index (χ3n) is 2.84. The molecule has 2 aromatic carbocycles. The minimum atomic E-state index is -3.57. The van der Waals surface area contributed by atoms with Gasteiger partial charge < -0.3 is 5.32 Å². The van der Waals surface area contributed by atoms with Gasteiger partial charge in [0.05, 0.1) is 11.9 Å². The van der Waals surface area contributed by atoms with Crippen molar-refractivity contribution in [2.24, 2.45) is 0 Å². The number of halogens is 1. The van der Waals surface area contributed by atoms with Crippen LogP contribution in [0.3, 0.4) is 0 Å². The van der Waals surface area contributed by atoms with Gasteiger partial charge in [-0.05, 0) is 30.3 Å². The van der Waals surface area contributed by atoms with Gasteiger partial charge in [-0.3, -0.25) is 9.10 Å². The fourth-order valence-electron chi connectivity index (χ4n) is 1.89. The lowest BCUT2D eigenvalue weighted by atomic mass is 10.3. The maximum absolute atomic E-state index is 12.1. The van der Waals surface area contributed by atoms with Crippen molar-refractivity contribution in [2.45, 2.75) is 0 Å². The summed E-state index contributed by atoms with van der Waals surface area (Å²) < 4.78 is 24.8. The normalized spacial score (nSPS) is 11.0. The van der Waals surface area contributed by atoms with E-state index in [1.54, 1.807) is 54.6 Å². The van der Waals surface area contributed by atoms with Crippen molar-refractivity contribution in [1.29, 1.82) is 0 Å². The third kappa shape index (κ3) is 4.47. The number of hydrogen-bond acceptors (Lipinski definition) is 3. The number of sulfonamides is 1. The van der Waals surface area contributed by atoms with Crippen molar-refractivity contribution in [2.75, 3.05) is 22.4 Å². The quantitative estimate of drug-likeness (QED) is 0.911. The molecule has 0 aliphatic heterocycles. The van der Waals surface area contributed by atoms with Gasteiger partial charge in [0.2, 0.25) is 15.9 Å². The predicted octanol–water partition coefficient (Wildman–Crippen LogP) is 2.74. The summed E-state index contributed by atoms with van der Waals surface area (Å²) in [6.45, 7) is -0.310. The number of hydrogen-bond donors (Lipinski definition) is 1. The molecule has 0 spiro atoms. The van der Waals surface area contributed by atoms with Gasteiger partial charge in [-0.1, -0.05) is 35.9 Å². The molecule has 0 fully saturated rings. The summed E-state index contributed by atoms with van der Waals surface area (Å²) >= 11 is 5.84. The molecule has 0 radical (unpaired) electrons. The molecule has 0 heterocycles. The fourth-order valence-corrected chi connectivity index (χ4v) is 2.94. The molecule has 2 rings (SSSR count). The molecule has 1 N–H and O–H groups in total. The van der Waals surface area contributed by atoms with E-state index >= 15 is 0 Å². The molecule has 22 heavy (non-hydrogen) atoms. The van der Waals surface area contributed by atoms with E-state index in [-0.39, 0.29) is 6.54 Å². The zero-order chi connectivity index (χ0) is 16.2. The van der Waals surface area contributed by atoms with Crippen molar-refractivity contribution < 1.29 is 13.2 Å². The van der Waals surface area contributed by atoms with Gasteiger partial charge >= 0.3 is 0 Å². The highest BCUT2D eigenvalue weighted by molar-refractivity contribution is 7.92. The maximum Gasteiger partial charge on any atom is 0.245 e. The topological polar surface area (TPSA) is 66.5 Å². The van der Waals surface area contributed by atoms with Crippen LogP contribution in [0.25, 0.3) is 0 Å². The lowest BCUT2D eigenvalue weighted by molar-refractivity contribution is -0.114. The van der Waals surface area contributed by atoms with E-state index in [0.29, 0.717) is 16.4 Å². The van der Waals surface area contributed by atoms with Crippen LogP contribution in [0, 0.1) is 0 Å². The van der Waals surface area contributed by atoms with E-state index in [4.69, 9.17) is 11.6 Å². The van der Waals surface area contributed by atoms with Crippen molar-refractivity contribution in [1.82, 2.24) is 0 Å². The third-order valence-corrected chi connectivity index (χ3v) is 4.22. The number of amides is 1. The summed E-state index contributed by atoms with van der Waals surface area (Å²) in [5, 5.41) is 3.11. The second kappa shape index (κ2) is 6.81. The Kier molecular flexibility index (Phi) is 5.05. The molecule has 0 aliphatic carbocycles. The highest BCUT2D eigenvalue weighted by Crippen LogP contribution is 2.18. The van der Waals surface area contributed by atoms with Crippen LogP contribution in [-0.4, -0.2) is 27.1 Å². The molecule has 0 saturated heterocycles. The van der Waals surface area contributed by atoms with Crippen LogP contribution in [0.4, 0.5) is 11.4 Å². The summed E-state index contributed by atoms with van der Waals surface area (Å²) in [6.07, 6.45) is 1.06. The average molecular weight is 339 g/mol. The maximum atomic E-state index is 12.1. The van der Waals surface area contributed by atoms with Crippen LogP contribution >= 0.6 is 11.6 Å². The van der Waals surface area contributed by atoms with Crippen LogP contribution in [-0.2, 0) is 14.8 Å². The highest BCUT2D eigenvalue weighted by atomic mass is 35.5. The van der Waals surface area contributed by atoms with Gasteiger partial charge in [-0.15, -0.1) is 0 Å². The Balaban J connectivity index is 2.16. The number of para-hydroxylation sites is 1. The SMILES string of the molecule is CS(=O)(=O)N(CC(=O)Nc1cccc(Cl)c1)c1ccccc1. The van der Waals surface area contributed by atoms with Gasteiger partial charge in [-0.2, -0.15) is 0 Å². The van der Waals surface area contributed by atoms with Gasteiger partial charge in [-0.25, -0.2) is 8.42 Å². The first-order chi connectivity index (χ1) is 10.4. The minimum Gasteiger partial charge on any atom is -0.324 e. The number of carbonyl (C=O) groups excluding carboxylic acids is 1. The summed E-state index contributed by atoms with van der Waals surface area (Å²) in [6, 6.07) is 15.1. The van der Waals surface area contributed by atoms with Gasteiger partial charge in [0.15, 0.2) is 0 Å². The first kappa shape index (κ1) is 16.3. The van der Waals surface area contributed by atoms with Crippen LogP contribution in [0.15, 0.2) is 54.6 Å². The molecule has 2 aromatic rings. The molecule has 116 valence electrons. The predicted molar refractivity (Wildman–Crippen MR) is 88.7 cm³/mol. The van der Waals surface area contributed by atoms with Gasteiger partial charge in [0.25, 0.3) is 0 Å². The Morgan fingerprint density at radius 3 is 2.41 bits per heavy atom. The van der Waals surface area contributed by atoms with E-state index in [0.717, 1.165) is 10.6 Å². The Morgan fingerprint density at radius 2 is 1.82 bits per heavy atom. The molecule has 0 unspecified atom stereocenters. The van der Waals surface area contributed by atoms with Crippen LogP contribution in [0.5, 0.6) is 0 Å². The Morgan fingerprint density at radius 1 is 1.14 bits per heavy atom. The summed E-state index contributed by atoms with van der Waals surface area (Å²) in [5.41, 5.74) is 0.949. The molecule has 0 saturated carbocycles. The number of nitrogens with zero attached hydrogens (tertiary/aromatic N) is 1. The lowest BCUT2D eigenvalue weighted by Crippen LogP contribution is -2.37. The summed E-state index contributed by atoms with van der Waals surface area (Å²) in [4.78, 5) is 12.1. The standard InChI is InChI=1S/C15H15ClN2O3S/c1-22(20,21)18(14-8-3-2-4-9-14)11-15(19)17-13-7-5-6-12(16)10-13/h2-10H,11H2,1H3,(H,17,19). The van der Waals surface area contributed by atoms with Crippen molar-refractivity contribution >= 4 is 38.9 Å². The monoisotopic (exact) mass is 338 g/mol. The van der Waals surface area contributed by atoms with Crippen molar-refractivity contribution in [3.63, 3.8) is 0 Å². The Labute approximate surface area is 134 Å². The molecular formula is C15H15ClN2O3S. The molecule has 0 atom stereocenters.